The van der Waals surface area contributed by atoms with Crippen LogP contribution in [0.15, 0.2) is 99.9 Å². The van der Waals surface area contributed by atoms with Gasteiger partial charge in [0, 0.05) is 27.1 Å². The third-order valence-electron chi connectivity index (χ3n) is 5.52. The predicted molar refractivity (Wildman–Crippen MR) is 122 cm³/mol. The van der Waals surface area contributed by atoms with E-state index in [1.807, 2.05) is 0 Å². The zero-order valence-corrected chi connectivity index (χ0v) is 16.5. The number of rotatable bonds is 1. The molecule has 0 aliphatic heterocycles. The lowest BCUT2D eigenvalue weighted by atomic mass is 9.93. The molecule has 6 rings (SSSR count). The van der Waals surface area contributed by atoms with Gasteiger partial charge in [0.05, 0.1) is 4.47 Å². The molecule has 5 aromatic carbocycles. The Morgan fingerprint density at radius 1 is 0.536 bits per heavy atom. The number of benzene rings is 5. The summed E-state index contributed by atoms with van der Waals surface area (Å²) in [6.07, 6.45) is 0. The molecule has 0 fully saturated rings. The molecule has 0 bridgehead atoms. The summed E-state index contributed by atoms with van der Waals surface area (Å²) in [6.45, 7) is 0. The fraction of sp³-hybridized carbons (Fsp3) is 0. The van der Waals surface area contributed by atoms with Gasteiger partial charge in [0.2, 0.25) is 0 Å². The largest absolute Gasteiger partial charge is 0.454 e. The van der Waals surface area contributed by atoms with Gasteiger partial charge in [0.25, 0.3) is 0 Å². The van der Waals surface area contributed by atoms with Gasteiger partial charge in [-0.3, -0.25) is 0 Å². The van der Waals surface area contributed by atoms with E-state index in [4.69, 9.17) is 4.42 Å². The van der Waals surface area contributed by atoms with Crippen molar-refractivity contribution in [2.45, 2.75) is 0 Å². The first-order valence-electron chi connectivity index (χ1n) is 9.32. The minimum Gasteiger partial charge on any atom is -0.454 e. The Labute approximate surface area is 170 Å². The lowest BCUT2D eigenvalue weighted by molar-refractivity contribution is 0.671. The van der Waals surface area contributed by atoms with Crippen molar-refractivity contribution in [3.8, 4) is 11.1 Å². The maximum atomic E-state index is 6.52. The average molecular weight is 423 g/mol. The second-order valence-corrected chi connectivity index (χ2v) is 7.86. The van der Waals surface area contributed by atoms with Crippen molar-refractivity contribution in [1.82, 2.24) is 0 Å². The standard InChI is InChI=1S/C26H15BrO/c27-24-20-13-7-6-12-19(20)22(17-9-2-1-3-10-17)23-21-15-14-16-8-4-5-11-18(16)25(21)28-26(23)24/h1-15H. The van der Waals surface area contributed by atoms with Crippen LogP contribution in [0.5, 0.6) is 0 Å². The van der Waals surface area contributed by atoms with Gasteiger partial charge in [-0.05, 0) is 38.3 Å². The molecule has 28 heavy (non-hydrogen) atoms. The summed E-state index contributed by atoms with van der Waals surface area (Å²) in [7, 11) is 0. The monoisotopic (exact) mass is 422 g/mol. The Bertz CT molecular complexity index is 1510. The minimum atomic E-state index is 0.906. The maximum Gasteiger partial charge on any atom is 0.150 e. The van der Waals surface area contributed by atoms with Gasteiger partial charge in [-0.2, -0.15) is 0 Å². The van der Waals surface area contributed by atoms with Gasteiger partial charge in [0.1, 0.15) is 5.58 Å². The Hall–Kier alpha value is -3.10. The van der Waals surface area contributed by atoms with E-state index in [1.165, 1.54) is 21.9 Å². The predicted octanol–water partition coefficient (Wildman–Crippen LogP) is 8.32. The Morgan fingerprint density at radius 2 is 1.21 bits per heavy atom. The molecule has 1 nitrogen and oxygen atoms in total. The Kier molecular flexibility index (Phi) is 3.38. The van der Waals surface area contributed by atoms with Crippen molar-refractivity contribution in [2.24, 2.45) is 0 Å². The highest BCUT2D eigenvalue weighted by atomic mass is 79.9. The van der Waals surface area contributed by atoms with Crippen molar-refractivity contribution in [1.29, 1.82) is 0 Å². The first-order valence-corrected chi connectivity index (χ1v) is 10.1. The van der Waals surface area contributed by atoms with Crippen LogP contribution in [0.2, 0.25) is 0 Å². The van der Waals surface area contributed by atoms with E-state index in [2.05, 4.69) is 107 Å². The quantitative estimate of drug-likeness (QED) is 0.259. The topological polar surface area (TPSA) is 13.1 Å². The molecular weight excluding hydrogens is 408 g/mol. The highest BCUT2D eigenvalue weighted by Crippen LogP contribution is 2.46. The summed E-state index contributed by atoms with van der Waals surface area (Å²) in [5.41, 5.74) is 4.28. The average Bonchev–Trinajstić information content (AvgIpc) is 3.15. The molecule has 0 radical (unpaired) electrons. The van der Waals surface area contributed by atoms with Crippen LogP contribution in [0.1, 0.15) is 0 Å². The van der Waals surface area contributed by atoms with E-state index in [0.717, 1.165) is 37.2 Å². The highest BCUT2D eigenvalue weighted by Gasteiger charge is 2.20. The fourth-order valence-electron chi connectivity index (χ4n) is 4.28. The number of halogens is 1. The van der Waals surface area contributed by atoms with Gasteiger partial charge in [-0.15, -0.1) is 0 Å². The number of fused-ring (bicyclic) bond motifs is 6. The van der Waals surface area contributed by atoms with Gasteiger partial charge >= 0.3 is 0 Å². The van der Waals surface area contributed by atoms with Gasteiger partial charge in [-0.25, -0.2) is 0 Å². The third kappa shape index (κ3) is 2.12. The first-order chi connectivity index (χ1) is 13.8. The highest BCUT2D eigenvalue weighted by molar-refractivity contribution is 9.10. The van der Waals surface area contributed by atoms with E-state index in [1.54, 1.807) is 0 Å². The zero-order valence-electron chi connectivity index (χ0n) is 14.9. The summed E-state index contributed by atoms with van der Waals surface area (Å²) < 4.78 is 7.53. The van der Waals surface area contributed by atoms with Crippen LogP contribution in [-0.4, -0.2) is 0 Å². The molecule has 0 unspecified atom stereocenters. The van der Waals surface area contributed by atoms with E-state index >= 15 is 0 Å². The molecular formula is C26H15BrO. The van der Waals surface area contributed by atoms with Crippen molar-refractivity contribution in [2.75, 3.05) is 0 Å². The lowest BCUT2D eigenvalue weighted by Gasteiger charge is -2.11. The molecule has 2 heteroatoms. The molecule has 0 amide bonds. The summed E-state index contributed by atoms with van der Waals surface area (Å²) in [4.78, 5) is 0. The van der Waals surface area contributed by atoms with Crippen LogP contribution in [-0.2, 0) is 0 Å². The number of furan rings is 1. The SMILES string of the molecule is Brc1c2ccccc2c(-c2ccccc2)c2c1oc1c3ccccc3ccc12. The molecule has 0 N–H and O–H groups in total. The van der Waals surface area contributed by atoms with E-state index < -0.39 is 0 Å². The molecule has 0 saturated heterocycles. The van der Waals surface area contributed by atoms with Crippen LogP contribution < -0.4 is 0 Å². The third-order valence-corrected chi connectivity index (χ3v) is 6.31. The second kappa shape index (κ2) is 5.95. The van der Waals surface area contributed by atoms with Crippen LogP contribution in [0, 0.1) is 0 Å². The molecule has 0 aliphatic carbocycles. The summed E-state index contributed by atoms with van der Waals surface area (Å²) in [5.74, 6) is 0. The van der Waals surface area contributed by atoms with Crippen LogP contribution in [0.3, 0.4) is 0 Å². The molecule has 0 atom stereocenters. The van der Waals surface area contributed by atoms with E-state index in [0.29, 0.717) is 0 Å². The molecule has 0 spiro atoms. The number of hydrogen-bond acceptors (Lipinski definition) is 1. The van der Waals surface area contributed by atoms with Crippen molar-refractivity contribution in [3.05, 3.63) is 95.5 Å². The Morgan fingerprint density at radius 3 is 2.04 bits per heavy atom. The van der Waals surface area contributed by atoms with Crippen LogP contribution in [0.25, 0.3) is 54.6 Å². The summed E-state index contributed by atoms with van der Waals surface area (Å²) in [5, 5.41) is 7.04. The molecule has 132 valence electrons. The first kappa shape index (κ1) is 15.9. The molecule has 0 aliphatic rings. The summed E-state index contributed by atoms with van der Waals surface area (Å²) in [6, 6.07) is 31.9. The van der Waals surface area contributed by atoms with Crippen molar-refractivity contribution >= 4 is 59.4 Å². The van der Waals surface area contributed by atoms with Crippen LogP contribution in [0.4, 0.5) is 0 Å². The molecule has 1 heterocycles. The normalized spacial score (nSPS) is 11.8. The van der Waals surface area contributed by atoms with Gasteiger partial charge < -0.3 is 4.42 Å². The van der Waals surface area contributed by atoms with Gasteiger partial charge in [-0.1, -0.05) is 84.9 Å². The van der Waals surface area contributed by atoms with Crippen LogP contribution >= 0.6 is 15.9 Å². The van der Waals surface area contributed by atoms with Crippen molar-refractivity contribution in [3.63, 3.8) is 0 Å². The molecule has 0 saturated carbocycles. The van der Waals surface area contributed by atoms with Gasteiger partial charge in [0.15, 0.2) is 5.58 Å². The molecule has 6 aromatic rings. The minimum absolute atomic E-state index is 0.906. The molecule has 1 aromatic heterocycles. The number of hydrogen-bond donors (Lipinski definition) is 0. The zero-order chi connectivity index (χ0) is 18.7. The smallest absolute Gasteiger partial charge is 0.150 e. The Balaban J connectivity index is 1.93. The second-order valence-electron chi connectivity index (χ2n) is 7.07. The van der Waals surface area contributed by atoms with E-state index in [-0.39, 0.29) is 0 Å². The van der Waals surface area contributed by atoms with Crippen molar-refractivity contribution < 1.29 is 4.42 Å². The van der Waals surface area contributed by atoms with E-state index in [9.17, 15) is 0 Å². The maximum absolute atomic E-state index is 6.52. The lowest BCUT2D eigenvalue weighted by Crippen LogP contribution is -1.85. The summed E-state index contributed by atoms with van der Waals surface area (Å²) >= 11 is 3.84. The fourth-order valence-corrected chi connectivity index (χ4v) is 4.91.